The molecule has 0 bridgehead atoms. The first-order chi connectivity index (χ1) is 10.2. The summed E-state index contributed by atoms with van der Waals surface area (Å²) in [5.41, 5.74) is -5.17. The molecule has 1 amide bonds. The molecular formula is C12H12F3NO5S. The maximum atomic E-state index is 12.1. The Morgan fingerprint density at radius 2 is 1.91 bits per heavy atom. The van der Waals surface area contributed by atoms with Crippen LogP contribution in [-0.2, 0) is 26.0 Å². The lowest BCUT2D eigenvalue weighted by molar-refractivity contribution is -0.119. The fraction of sp³-hybridized carbons (Fsp3) is 0.417. The van der Waals surface area contributed by atoms with Crippen LogP contribution < -0.4 is 9.46 Å². The number of hydrogen-bond acceptors (Lipinski definition) is 5. The Labute approximate surface area is 124 Å². The molecule has 1 heterocycles. The number of ether oxygens (including phenoxy) is 2. The minimum Gasteiger partial charge on any atom is -0.491 e. The van der Waals surface area contributed by atoms with Gasteiger partial charge >= 0.3 is 15.5 Å². The second kappa shape index (κ2) is 6.13. The number of rotatable bonds is 6. The minimum atomic E-state index is -5.67. The van der Waals surface area contributed by atoms with Gasteiger partial charge in [-0.15, -0.1) is 0 Å². The molecule has 0 spiro atoms. The maximum absolute atomic E-state index is 12.1. The highest BCUT2D eigenvalue weighted by atomic mass is 32.2. The van der Waals surface area contributed by atoms with Crippen LogP contribution >= 0.6 is 0 Å². The molecular weight excluding hydrogens is 327 g/mol. The molecule has 2 rings (SSSR count). The first kappa shape index (κ1) is 16.6. The number of hydrogen-bond donors (Lipinski definition) is 1. The van der Waals surface area contributed by atoms with Crippen molar-refractivity contribution < 1.29 is 35.9 Å². The van der Waals surface area contributed by atoms with Crippen LogP contribution in [0.1, 0.15) is 5.56 Å². The highest BCUT2D eigenvalue weighted by Gasteiger charge is 2.46. The van der Waals surface area contributed by atoms with Gasteiger partial charge in [-0.3, -0.25) is 4.79 Å². The van der Waals surface area contributed by atoms with Gasteiger partial charge in [0.1, 0.15) is 18.5 Å². The molecule has 1 N–H and O–H groups in total. The van der Waals surface area contributed by atoms with Crippen molar-refractivity contribution in [2.45, 2.75) is 18.0 Å². The summed E-state index contributed by atoms with van der Waals surface area (Å²) in [7, 11) is -5.67. The molecule has 1 fully saturated rings. The summed E-state index contributed by atoms with van der Waals surface area (Å²) in [6.45, 7) is 1.04. The lowest BCUT2D eigenvalue weighted by Gasteiger charge is -2.09. The third kappa shape index (κ3) is 4.60. The number of alkyl halides is 3. The number of carbonyl (C=O) groups is 1. The van der Waals surface area contributed by atoms with E-state index in [1.54, 1.807) is 0 Å². The van der Waals surface area contributed by atoms with Gasteiger partial charge in [-0.2, -0.15) is 21.6 Å². The van der Waals surface area contributed by atoms with Crippen LogP contribution in [0.3, 0.4) is 0 Å². The summed E-state index contributed by atoms with van der Waals surface area (Å²) >= 11 is 0. The van der Waals surface area contributed by atoms with Crippen molar-refractivity contribution in [2.75, 3.05) is 13.2 Å². The van der Waals surface area contributed by atoms with Crippen molar-refractivity contribution in [3.05, 3.63) is 29.8 Å². The van der Waals surface area contributed by atoms with E-state index in [-0.39, 0.29) is 6.10 Å². The Balaban J connectivity index is 1.88. The van der Waals surface area contributed by atoms with Gasteiger partial charge in [0.05, 0.1) is 13.0 Å². The van der Waals surface area contributed by atoms with E-state index >= 15 is 0 Å². The first-order valence-corrected chi connectivity index (χ1v) is 7.61. The van der Waals surface area contributed by atoms with Crippen molar-refractivity contribution in [2.24, 2.45) is 0 Å². The molecule has 0 aromatic heterocycles. The molecule has 0 radical (unpaired) electrons. The molecule has 1 aliphatic heterocycles. The van der Waals surface area contributed by atoms with Crippen molar-refractivity contribution in [3.8, 4) is 5.75 Å². The zero-order valence-electron chi connectivity index (χ0n) is 11.1. The molecule has 6 nitrogen and oxygen atoms in total. The highest BCUT2D eigenvalue weighted by molar-refractivity contribution is 7.90. The second-order valence-electron chi connectivity index (χ2n) is 4.56. The Bertz CT molecular complexity index is 638. The smallest absolute Gasteiger partial charge is 0.491 e. The van der Waals surface area contributed by atoms with E-state index in [1.165, 1.54) is 24.3 Å². The zero-order valence-corrected chi connectivity index (χ0v) is 11.9. The van der Waals surface area contributed by atoms with E-state index in [2.05, 4.69) is 0 Å². The van der Waals surface area contributed by atoms with Crippen LogP contribution in [-0.4, -0.2) is 39.2 Å². The van der Waals surface area contributed by atoms with Crippen LogP contribution in [0.2, 0.25) is 0 Å². The Morgan fingerprint density at radius 1 is 1.32 bits per heavy atom. The molecule has 1 atom stereocenters. The molecule has 1 aliphatic rings. The first-order valence-electron chi connectivity index (χ1n) is 6.12. The van der Waals surface area contributed by atoms with Crippen molar-refractivity contribution in [3.63, 3.8) is 0 Å². The number of carbonyl (C=O) groups excluding carboxylic acids is 1. The summed E-state index contributed by atoms with van der Waals surface area (Å²) in [4.78, 5) is 11.3. The molecule has 1 unspecified atom stereocenters. The molecule has 1 saturated heterocycles. The van der Waals surface area contributed by atoms with E-state index in [9.17, 15) is 26.4 Å². The van der Waals surface area contributed by atoms with Gasteiger partial charge in [-0.1, -0.05) is 12.1 Å². The Morgan fingerprint density at radius 3 is 2.41 bits per heavy atom. The maximum Gasteiger partial charge on any atom is 0.516 e. The van der Waals surface area contributed by atoms with Crippen molar-refractivity contribution in [1.82, 2.24) is 4.72 Å². The summed E-state index contributed by atoms with van der Waals surface area (Å²) in [5.74, 6) is -0.750. The van der Waals surface area contributed by atoms with Gasteiger partial charge in [-0.05, 0) is 17.7 Å². The summed E-state index contributed by atoms with van der Waals surface area (Å²) in [6, 6.07) is 5.98. The Hall–Kier alpha value is -1.81. The summed E-state index contributed by atoms with van der Waals surface area (Å²) < 4.78 is 69.1. The molecule has 10 heteroatoms. The SMILES string of the molecule is O=C(Cc1ccc(OCC2CO2)cc1)NS(=O)(=O)C(F)(F)F. The third-order valence-electron chi connectivity index (χ3n) is 2.68. The number of halogens is 3. The molecule has 0 saturated carbocycles. The monoisotopic (exact) mass is 339 g/mol. The van der Waals surface area contributed by atoms with E-state index < -0.39 is 27.9 Å². The average molecular weight is 339 g/mol. The lowest BCUT2D eigenvalue weighted by Crippen LogP contribution is -2.40. The fourth-order valence-corrected chi connectivity index (χ4v) is 1.97. The van der Waals surface area contributed by atoms with E-state index in [1.807, 2.05) is 0 Å². The lowest BCUT2D eigenvalue weighted by atomic mass is 10.1. The van der Waals surface area contributed by atoms with Gasteiger partial charge < -0.3 is 9.47 Å². The normalized spacial score (nSPS) is 17.9. The molecule has 1 aromatic carbocycles. The quantitative estimate of drug-likeness (QED) is 0.781. The van der Waals surface area contributed by atoms with E-state index in [0.717, 1.165) is 4.72 Å². The number of epoxide rings is 1. The Kier molecular flexibility index (Phi) is 4.61. The highest BCUT2D eigenvalue weighted by Crippen LogP contribution is 2.21. The molecule has 22 heavy (non-hydrogen) atoms. The summed E-state index contributed by atoms with van der Waals surface area (Å²) in [6.07, 6.45) is -0.417. The van der Waals surface area contributed by atoms with E-state index in [0.29, 0.717) is 24.5 Å². The van der Waals surface area contributed by atoms with E-state index in [4.69, 9.17) is 9.47 Å². The number of amides is 1. The van der Waals surface area contributed by atoms with Crippen LogP contribution in [0.4, 0.5) is 13.2 Å². The predicted molar refractivity (Wildman–Crippen MR) is 68.5 cm³/mol. The summed E-state index contributed by atoms with van der Waals surface area (Å²) in [5, 5.41) is 0. The van der Waals surface area contributed by atoms with Gasteiger partial charge in [0.15, 0.2) is 0 Å². The fourth-order valence-electron chi connectivity index (χ4n) is 1.49. The van der Waals surface area contributed by atoms with Crippen LogP contribution in [0.5, 0.6) is 5.75 Å². The number of benzene rings is 1. The van der Waals surface area contributed by atoms with Crippen molar-refractivity contribution >= 4 is 15.9 Å². The third-order valence-corrected chi connectivity index (χ3v) is 3.79. The average Bonchev–Trinajstić information content (AvgIpc) is 3.20. The topological polar surface area (TPSA) is 85.0 Å². The van der Waals surface area contributed by atoms with Crippen molar-refractivity contribution in [1.29, 1.82) is 0 Å². The standard InChI is InChI=1S/C12H12F3NO5S/c13-12(14,15)22(18,19)16-11(17)5-8-1-3-9(4-2-8)20-6-10-7-21-10/h1-4,10H,5-7H2,(H,16,17). The molecule has 122 valence electrons. The van der Waals surface area contributed by atoms with Gasteiger partial charge in [0.25, 0.3) is 0 Å². The minimum absolute atomic E-state index is 0.0815. The zero-order chi connectivity index (χ0) is 16.4. The van der Waals surface area contributed by atoms with Crippen LogP contribution in [0.15, 0.2) is 24.3 Å². The second-order valence-corrected chi connectivity index (χ2v) is 6.24. The largest absolute Gasteiger partial charge is 0.516 e. The van der Waals surface area contributed by atoms with Gasteiger partial charge in [0, 0.05) is 0 Å². The molecule has 0 aliphatic carbocycles. The number of nitrogens with one attached hydrogen (secondary N) is 1. The van der Waals surface area contributed by atoms with Crippen LogP contribution in [0.25, 0.3) is 0 Å². The van der Waals surface area contributed by atoms with Gasteiger partial charge in [0.2, 0.25) is 5.91 Å². The van der Waals surface area contributed by atoms with Gasteiger partial charge in [-0.25, -0.2) is 4.72 Å². The van der Waals surface area contributed by atoms with Crippen LogP contribution in [0, 0.1) is 0 Å². The number of sulfonamides is 1. The predicted octanol–water partition coefficient (Wildman–Crippen LogP) is 0.973. The molecule has 1 aromatic rings.